The summed E-state index contributed by atoms with van der Waals surface area (Å²) in [6, 6.07) is 5.74. The molecule has 0 N–H and O–H groups in total. The van der Waals surface area contributed by atoms with Gasteiger partial charge in [-0.15, -0.1) is 0 Å². The Labute approximate surface area is 89.9 Å². The standard InChI is InChI=1S/C10H9F3OS/c1-2-7-14-8-3-5-9(6-4-8)15-10(11,12)13/h2-6H,1,7H2. The number of alkyl halides is 3. The summed E-state index contributed by atoms with van der Waals surface area (Å²) in [4.78, 5) is 0.147. The molecule has 5 heteroatoms. The van der Waals surface area contributed by atoms with Crippen molar-refractivity contribution in [1.82, 2.24) is 0 Å². The molecule has 1 aromatic rings. The van der Waals surface area contributed by atoms with Crippen molar-refractivity contribution < 1.29 is 17.9 Å². The molecule has 0 atom stereocenters. The minimum absolute atomic E-state index is 0.142. The Hall–Kier alpha value is -1.10. The summed E-state index contributed by atoms with van der Waals surface area (Å²) >= 11 is -0.142. The third kappa shape index (κ3) is 4.78. The van der Waals surface area contributed by atoms with Crippen LogP contribution in [0, 0.1) is 0 Å². The van der Waals surface area contributed by atoms with Crippen LogP contribution < -0.4 is 4.74 Å². The second-order valence-electron chi connectivity index (χ2n) is 2.62. The van der Waals surface area contributed by atoms with Crippen molar-refractivity contribution in [2.24, 2.45) is 0 Å². The van der Waals surface area contributed by atoms with Crippen LogP contribution in [0.4, 0.5) is 13.2 Å². The molecule has 0 aliphatic heterocycles. The predicted octanol–water partition coefficient (Wildman–Crippen LogP) is 3.86. The number of halogens is 3. The average Bonchev–Trinajstić information content (AvgIpc) is 2.14. The van der Waals surface area contributed by atoms with Gasteiger partial charge in [-0.05, 0) is 36.0 Å². The van der Waals surface area contributed by atoms with Gasteiger partial charge in [-0.2, -0.15) is 13.2 Å². The highest BCUT2D eigenvalue weighted by molar-refractivity contribution is 8.00. The minimum Gasteiger partial charge on any atom is -0.490 e. The smallest absolute Gasteiger partial charge is 0.446 e. The van der Waals surface area contributed by atoms with Crippen LogP contribution in [0.25, 0.3) is 0 Å². The SMILES string of the molecule is C=CCOc1ccc(SC(F)(F)F)cc1. The first kappa shape index (κ1) is 12.0. The zero-order chi connectivity index (χ0) is 11.3. The molecule has 1 aromatic carbocycles. The van der Waals surface area contributed by atoms with E-state index in [1.807, 2.05) is 0 Å². The van der Waals surface area contributed by atoms with E-state index >= 15 is 0 Å². The summed E-state index contributed by atoms with van der Waals surface area (Å²) in [5.41, 5.74) is -4.25. The van der Waals surface area contributed by atoms with E-state index < -0.39 is 5.51 Å². The van der Waals surface area contributed by atoms with E-state index in [2.05, 4.69) is 6.58 Å². The first-order valence-corrected chi connectivity index (χ1v) is 4.92. The summed E-state index contributed by atoms with van der Waals surface area (Å²) in [5.74, 6) is 0.529. The Kier molecular flexibility index (Phi) is 4.08. The van der Waals surface area contributed by atoms with Gasteiger partial charge in [-0.1, -0.05) is 12.7 Å². The fourth-order valence-corrected chi connectivity index (χ4v) is 1.43. The monoisotopic (exact) mass is 234 g/mol. The molecule has 15 heavy (non-hydrogen) atoms. The summed E-state index contributed by atoms with van der Waals surface area (Å²) < 4.78 is 41.0. The summed E-state index contributed by atoms with van der Waals surface area (Å²) in [5, 5.41) is 0. The normalized spacial score (nSPS) is 11.1. The molecule has 1 rings (SSSR count). The second-order valence-corrected chi connectivity index (χ2v) is 3.76. The van der Waals surface area contributed by atoms with Crippen LogP contribution in [0.3, 0.4) is 0 Å². The zero-order valence-corrected chi connectivity index (χ0v) is 8.57. The number of thioether (sulfide) groups is 1. The van der Waals surface area contributed by atoms with Crippen molar-refractivity contribution in [3.63, 3.8) is 0 Å². The van der Waals surface area contributed by atoms with E-state index in [0.29, 0.717) is 12.4 Å². The van der Waals surface area contributed by atoms with Gasteiger partial charge in [0.1, 0.15) is 12.4 Å². The number of benzene rings is 1. The molecule has 0 saturated heterocycles. The van der Waals surface area contributed by atoms with Gasteiger partial charge in [0, 0.05) is 4.90 Å². The third-order valence-electron chi connectivity index (χ3n) is 1.43. The minimum atomic E-state index is -4.25. The lowest BCUT2D eigenvalue weighted by Crippen LogP contribution is -1.99. The molecule has 82 valence electrons. The van der Waals surface area contributed by atoms with Crippen LogP contribution >= 0.6 is 11.8 Å². The maximum atomic E-state index is 12.0. The molecule has 1 nitrogen and oxygen atoms in total. The second kappa shape index (κ2) is 5.11. The predicted molar refractivity (Wildman–Crippen MR) is 54.0 cm³/mol. The average molecular weight is 234 g/mol. The Morgan fingerprint density at radius 1 is 1.27 bits per heavy atom. The van der Waals surface area contributed by atoms with Gasteiger partial charge in [0.25, 0.3) is 0 Å². The van der Waals surface area contributed by atoms with Crippen molar-refractivity contribution in [2.75, 3.05) is 6.61 Å². The molecule has 0 spiro atoms. The van der Waals surface area contributed by atoms with Crippen molar-refractivity contribution in [2.45, 2.75) is 10.4 Å². The number of hydrogen-bond acceptors (Lipinski definition) is 2. The third-order valence-corrected chi connectivity index (χ3v) is 2.16. The van der Waals surface area contributed by atoms with Crippen LogP contribution in [0.1, 0.15) is 0 Å². The number of rotatable bonds is 4. The van der Waals surface area contributed by atoms with Crippen LogP contribution in [-0.2, 0) is 0 Å². The molecule has 0 radical (unpaired) electrons. The van der Waals surface area contributed by atoms with E-state index in [1.165, 1.54) is 24.3 Å². The lowest BCUT2D eigenvalue weighted by atomic mass is 10.3. The van der Waals surface area contributed by atoms with Gasteiger partial charge in [-0.25, -0.2) is 0 Å². The molecule has 0 aliphatic carbocycles. The molecular weight excluding hydrogens is 225 g/mol. The first-order valence-electron chi connectivity index (χ1n) is 4.11. The van der Waals surface area contributed by atoms with E-state index in [1.54, 1.807) is 6.08 Å². The van der Waals surface area contributed by atoms with E-state index in [-0.39, 0.29) is 16.7 Å². The molecule has 0 amide bonds. The number of hydrogen-bond donors (Lipinski definition) is 0. The molecule has 0 aromatic heterocycles. The van der Waals surface area contributed by atoms with Crippen molar-refractivity contribution in [3.8, 4) is 5.75 Å². The molecule has 0 heterocycles. The lowest BCUT2D eigenvalue weighted by molar-refractivity contribution is -0.0328. The van der Waals surface area contributed by atoms with Gasteiger partial charge in [0.2, 0.25) is 0 Å². The van der Waals surface area contributed by atoms with E-state index in [0.717, 1.165) is 0 Å². The summed E-state index contributed by atoms with van der Waals surface area (Å²) in [6.45, 7) is 3.80. The van der Waals surface area contributed by atoms with Gasteiger partial charge in [0.15, 0.2) is 0 Å². The van der Waals surface area contributed by atoms with Crippen LogP contribution in [-0.4, -0.2) is 12.1 Å². The molecule has 0 fully saturated rings. The zero-order valence-electron chi connectivity index (χ0n) is 7.75. The fourth-order valence-electron chi connectivity index (χ4n) is 0.893. The molecule has 0 unspecified atom stereocenters. The summed E-state index contributed by atoms with van der Waals surface area (Å²) in [6.07, 6.45) is 1.57. The quantitative estimate of drug-likeness (QED) is 0.577. The van der Waals surface area contributed by atoms with Crippen LogP contribution in [0.2, 0.25) is 0 Å². The van der Waals surface area contributed by atoms with Crippen molar-refractivity contribution in [1.29, 1.82) is 0 Å². The maximum Gasteiger partial charge on any atom is 0.446 e. The first-order chi connectivity index (χ1) is 7.01. The molecular formula is C10H9F3OS. The van der Waals surface area contributed by atoms with Crippen LogP contribution in [0.15, 0.2) is 41.8 Å². The Balaban J connectivity index is 2.60. The Bertz CT molecular complexity index is 318. The highest BCUT2D eigenvalue weighted by atomic mass is 32.2. The summed E-state index contributed by atoms with van der Waals surface area (Å²) in [7, 11) is 0. The topological polar surface area (TPSA) is 9.23 Å². The van der Waals surface area contributed by atoms with Crippen molar-refractivity contribution in [3.05, 3.63) is 36.9 Å². The van der Waals surface area contributed by atoms with Crippen LogP contribution in [0.5, 0.6) is 5.75 Å². The largest absolute Gasteiger partial charge is 0.490 e. The highest BCUT2D eigenvalue weighted by Crippen LogP contribution is 2.37. The van der Waals surface area contributed by atoms with Gasteiger partial charge in [-0.3, -0.25) is 0 Å². The molecule has 0 bridgehead atoms. The number of ether oxygens (including phenoxy) is 1. The van der Waals surface area contributed by atoms with Gasteiger partial charge in [0.05, 0.1) is 0 Å². The van der Waals surface area contributed by atoms with Crippen molar-refractivity contribution >= 4 is 11.8 Å². The van der Waals surface area contributed by atoms with E-state index in [4.69, 9.17) is 4.74 Å². The van der Waals surface area contributed by atoms with Gasteiger partial charge < -0.3 is 4.74 Å². The molecule has 0 saturated carbocycles. The van der Waals surface area contributed by atoms with E-state index in [9.17, 15) is 13.2 Å². The Morgan fingerprint density at radius 2 is 1.87 bits per heavy atom. The highest BCUT2D eigenvalue weighted by Gasteiger charge is 2.28. The van der Waals surface area contributed by atoms with Gasteiger partial charge >= 0.3 is 5.51 Å². The lowest BCUT2D eigenvalue weighted by Gasteiger charge is -2.06. The Morgan fingerprint density at radius 3 is 2.33 bits per heavy atom. The maximum absolute atomic E-state index is 12.0. The fraction of sp³-hybridized carbons (Fsp3) is 0.200. The molecule has 0 aliphatic rings.